The molecule has 2 N–H and O–H groups in total. The maximum absolute atomic E-state index is 15.3. The minimum atomic E-state index is -4.94. The molecular weight excluding hydrogens is 791 g/mol. The lowest BCUT2D eigenvalue weighted by Gasteiger charge is -2.34. The minimum Gasteiger partial charge on any atom is -0.512 e. The van der Waals surface area contributed by atoms with Crippen molar-refractivity contribution in [2.24, 2.45) is 0 Å². The van der Waals surface area contributed by atoms with E-state index in [1.807, 2.05) is 6.92 Å². The standard InChI is InChI=1S/C34H33BrF7N3O3.C4H8O2/c1-4-5-18(2)30(19(3)46)21-10-22(31(39)28(38)11-21)14-43-33(48)32(25-12-23(35)6-7-27(25)37)45-15-20(8-9-44-16-24(36)17-44)26(13-29(45)47)34(40,41)42;1-3-6-4(2)5/h5-7,10-13,15,24,32,46H,4,8-9,14,16-17H2,1-3H3,(H,43,48);3H2,1-2H3/b18-5-,30-19-;. The molecule has 16 heteroatoms. The molecule has 0 radical (unpaired) electrons. The van der Waals surface area contributed by atoms with Gasteiger partial charge in [0.05, 0.1) is 17.9 Å². The molecule has 4 rings (SSSR count). The first-order valence-corrected chi connectivity index (χ1v) is 17.7. The Kier molecular flexibility index (Phi) is 15.7. The minimum absolute atomic E-state index is 0.0294. The fraction of sp³-hybridized carbons (Fsp3) is 0.395. The van der Waals surface area contributed by atoms with Crippen LogP contribution in [0.1, 0.15) is 74.9 Å². The summed E-state index contributed by atoms with van der Waals surface area (Å²) in [7, 11) is 0. The van der Waals surface area contributed by atoms with E-state index in [-0.39, 0.29) is 70.1 Å². The summed E-state index contributed by atoms with van der Waals surface area (Å²) in [5.41, 5.74) is -2.71. The monoisotopic (exact) mass is 831 g/mol. The van der Waals surface area contributed by atoms with Gasteiger partial charge in [-0.3, -0.25) is 23.9 Å². The van der Waals surface area contributed by atoms with Gasteiger partial charge in [0, 0.05) is 66.5 Å². The third kappa shape index (κ3) is 11.5. The van der Waals surface area contributed by atoms with E-state index in [2.05, 4.69) is 26.0 Å². The number of carbonyl (C=O) groups excluding carboxylic acids is 2. The normalized spacial score (nSPS) is 14.7. The molecule has 3 aromatic rings. The second-order valence-electron chi connectivity index (χ2n) is 12.5. The van der Waals surface area contributed by atoms with Crippen molar-refractivity contribution in [3.8, 4) is 0 Å². The number of likely N-dealkylation sites (tertiary alicyclic amines) is 1. The van der Waals surface area contributed by atoms with Crippen molar-refractivity contribution in [3.05, 3.63) is 120 Å². The lowest BCUT2D eigenvalue weighted by Crippen LogP contribution is -2.49. The summed E-state index contributed by atoms with van der Waals surface area (Å²) >= 11 is 3.17. The van der Waals surface area contributed by atoms with Gasteiger partial charge in [-0.25, -0.2) is 17.6 Å². The number of amides is 1. The van der Waals surface area contributed by atoms with Crippen LogP contribution < -0.4 is 10.9 Å². The van der Waals surface area contributed by atoms with Crippen molar-refractivity contribution in [2.75, 3.05) is 26.2 Å². The Morgan fingerprint density at radius 3 is 2.24 bits per heavy atom. The maximum Gasteiger partial charge on any atom is 0.416 e. The van der Waals surface area contributed by atoms with E-state index in [9.17, 15) is 41.4 Å². The van der Waals surface area contributed by atoms with Gasteiger partial charge in [0.25, 0.3) is 5.56 Å². The molecule has 1 aromatic heterocycles. The summed E-state index contributed by atoms with van der Waals surface area (Å²) in [5, 5.41) is 12.7. The third-order valence-electron chi connectivity index (χ3n) is 8.32. The van der Waals surface area contributed by atoms with Crippen molar-refractivity contribution in [1.29, 1.82) is 0 Å². The van der Waals surface area contributed by atoms with Gasteiger partial charge in [0.1, 0.15) is 18.0 Å². The quantitative estimate of drug-likeness (QED) is 0.0824. The van der Waals surface area contributed by atoms with Gasteiger partial charge in [-0.1, -0.05) is 28.9 Å². The first kappa shape index (κ1) is 44.0. The summed E-state index contributed by atoms with van der Waals surface area (Å²) in [4.78, 5) is 38.4. The Balaban J connectivity index is 0.00000120. The molecule has 1 aliphatic rings. The van der Waals surface area contributed by atoms with Crippen molar-refractivity contribution in [3.63, 3.8) is 0 Å². The number of carbonyl (C=O) groups is 2. The molecule has 0 spiro atoms. The molecule has 0 bridgehead atoms. The SMILES string of the molecule is CC/C=C(C)\C(=C(/C)O)c1cc(F)c(F)c(CNC(=O)C(c2cc(Br)ccc2F)n2cc(CCN3CC(F)C3)c(C(F)(F)F)cc2=O)c1.CCOC(C)=O. The number of ether oxygens (including phenoxy) is 1. The number of nitrogens with one attached hydrogen (secondary N) is 1. The van der Waals surface area contributed by atoms with Gasteiger partial charge in [-0.15, -0.1) is 0 Å². The van der Waals surface area contributed by atoms with E-state index in [1.165, 1.54) is 32.0 Å². The number of nitrogens with zero attached hydrogens (tertiary/aromatic N) is 2. The second-order valence-corrected chi connectivity index (χ2v) is 13.4. The fourth-order valence-corrected chi connectivity index (χ4v) is 6.28. The van der Waals surface area contributed by atoms with Crippen molar-refractivity contribution in [2.45, 2.75) is 72.4 Å². The molecule has 0 saturated carbocycles. The average molecular weight is 833 g/mol. The number of alkyl halides is 4. The van der Waals surface area contributed by atoms with Crippen molar-refractivity contribution in [1.82, 2.24) is 14.8 Å². The highest BCUT2D eigenvalue weighted by atomic mass is 79.9. The summed E-state index contributed by atoms with van der Waals surface area (Å²) in [5.74, 6) is -5.04. The summed E-state index contributed by atoms with van der Waals surface area (Å²) in [6, 6.07) is 4.02. The number of esters is 1. The molecule has 2 aromatic carbocycles. The molecule has 1 amide bonds. The number of allylic oxidation sites excluding steroid dienone is 4. The zero-order valence-electron chi connectivity index (χ0n) is 30.2. The Morgan fingerprint density at radius 1 is 1.04 bits per heavy atom. The van der Waals surface area contributed by atoms with Gasteiger partial charge in [-0.2, -0.15) is 13.2 Å². The highest BCUT2D eigenvalue weighted by molar-refractivity contribution is 9.10. The molecule has 54 heavy (non-hydrogen) atoms. The molecule has 2 heterocycles. The summed E-state index contributed by atoms with van der Waals surface area (Å²) in [6.07, 6.45) is -3.12. The third-order valence-corrected chi connectivity index (χ3v) is 8.81. The van der Waals surface area contributed by atoms with Crippen molar-refractivity contribution < 1.29 is 50.2 Å². The topological polar surface area (TPSA) is 101 Å². The lowest BCUT2D eigenvalue weighted by molar-refractivity contribution is -0.140. The molecule has 1 atom stereocenters. The van der Waals surface area contributed by atoms with Crippen LogP contribution in [-0.4, -0.2) is 58.9 Å². The Morgan fingerprint density at radius 2 is 1.70 bits per heavy atom. The van der Waals surface area contributed by atoms with Gasteiger partial charge in [-0.05, 0) is 80.6 Å². The van der Waals surface area contributed by atoms with E-state index in [1.54, 1.807) is 24.8 Å². The number of halogens is 8. The van der Waals surface area contributed by atoms with Gasteiger partial charge in [0.2, 0.25) is 5.91 Å². The molecule has 294 valence electrons. The molecule has 1 unspecified atom stereocenters. The summed E-state index contributed by atoms with van der Waals surface area (Å²) < 4.78 is 106. The van der Waals surface area contributed by atoms with E-state index < -0.39 is 59.4 Å². The van der Waals surface area contributed by atoms with E-state index in [0.29, 0.717) is 29.2 Å². The van der Waals surface area contributed by atoms with Gasteiger partial charge in [0.15, 0.2) is 11.6 Å². The average Bonchev–Trinajstić information content (AvgIpc) is 3.05. The highest BCUT2D eigenvalue weighted by Gasteiger charge is 2.37. The maximum atomic E-state index is 15.3. The Hall–Kier alpha value is -4.44. The number of aliphatic hydroxyl groups excluding tert-OH is 1. The van der Waals surface area contributed by atoms with Crippen molar-refractivity contribution >= 4 is 33.4 Å². The summed E-state index contributed by atoms with van der Waals surface area (Å²) in [6.45, 7) is 7.99. The van der Waals surface area contributed by atoms with E-state index in [4.69, 9.17) is 0 Å². The van der Waals surface area contributed by atoms with Crippen LogP contribution in [0.5, 0.6) is 0 Å². The van der Waals surface area contributed by atoms with Gasteiger partial charge >= 0.3 is 12.1 Å². The second kappa shape index (κ2) is 19.2. The van der Waals surface area contributed by atoms with Crippen LogP contribution in [0.25, 0.3) is 5.57 Å². The molecule has 1 fully saturated rings. The number of rotatable bonds is 12. The molecule has 1 aliphatic heterocycles. The number of benzene rings is 2. The zero-order valence-corrected chi connectivity index (χ0v) is 31.8. The highest BCUT2D eigenvalue weighted by Crippen LogP contribution is 2.34. The number of hydrogen-bond donors (Lipinski definition) is 2. The molecule has 0 aliphatic carbocycles. The number of aliphatic hydroxyl groups is 1. The van der Waals surface area contributed by atoms with Crippen LogP contribution >= 0.6 is 15.9 Å². The molecule has 8 nitrogen and oxygen atoms in total. The van der Waals surface area contributed by atoms with Crippen LogP contribution in [-0.2, 0) is 33.5 Å². The van der Waals surface area contributed by atoms with Crippen LogP contribution in [0.2, 0.25) is 0 Å². The van der Waals surface area contributed by atoms with E-state index in [0.717, 1.165) is 18.3 Å². The van der Waals surface area contributed by atoms with Gasteiger partial charge < -0.3 is 15.2 Å². The van der Waals surface area contributed by atoms with Crippen LogP contribution in [0, 0.1) is 17.5 Å². The van der Waals surface area contributed by atoms with Crippen LogP contribution in [0.15, 0.2) is 69.3 Å². The molecular formula is C38H41BrF7N3O5. The van der Waals surface area contributed by atoms with E-state index >= 15 is 8.78 Å². The number of hydrogen-bond acceptors (Lipinski definition) is 6. The first-order valence-electron chi connectivity index (χ1n) is 16.9. The predicted molar refractivity (Wildman–Crippen MR) is 193 cm³/mol. The molecule has 1 saturated heterocycles. The number of pyridine rings is 1. The zero-order chi connectivity index (χ0) is 40.5. The fourth-order valence-electron chi connectivity index (χ4n) is 5.90. The first-order chi connectivity index (χ1) is 25.3. The predicted octanol–water partition coefficient (Wildman–Crippen LogP) is 8.36. The Bertz CT molecular complexity index is 1950. The largest absolute Gasteiger partial charge is 0.512 e. The Labute approximate surface area is 316 Å². The van der Waals surface area contributed by atoms with Crippen LogP contribution in [0.4, 0.5) is 30.7 Å². The lowest BCUT2D eigenvalue weighted by atomic mass is 9.95. The number of aromatic nitrogens is 1. The smallest absolute Gasteiger partial charge is 0.416 e. The van der Waals surface area contributed by atoms with Crippen LogP contribution in [0.3, 0.4) is 0 Å².